The average molecular weight is 600 g/mol. The fourth-order valence-corrected chi connectivity index (χ4v) is 6.21. The Morgan fingerprint density at radius 2 is 2.02 bits per heavy atom. The van der Waals surface area contributed by atoms with Crippen LogP contribution >= 0.6 is 0 Å². The van der Waals surface area contributed by atoms with Crippen molar-refractivity contribution in [3.05, 3.63) is 41.5 Å². The van der Waals surface area contributed by atoms with Crippen molar-refractivity contribution in [3.8, 4) is 41.2 Å². The van der Waals surface area contributed by atoms with Crippen LogP contribution in [0.2, 0.25) is 0 Å². The van der Waals surface area contributed by atoms with Gasteiger partial charge in [-0.1, -0.05) is 12.0 Å². The minimum atomic E-state index is -2.78. The first-order valence-electron chi connectivity index (χ1n) is 13.6. The van der Waals surface area contributed by atoms with Crippen molar-refractivity contribution in [1.82, 2.24) is 19.9 Å². The summed E-state index contributed by atoms with van der Waals surface area (Å²) in [6, 6.07) is 4.69. The highest BCUT2D eigenvalue weighted by Crippen LogP contribution is 2.43. The van der Waals surface area contributed by atoms with E-state index < -0.39 is 47.5 Å². The Balaban J connectivity index is 1.54. The number of fused-ring (bicyclic) bond motifs is 3. The SMILES string of the molecule is C#Cc1c(F)ccc2cc(O)cc(-c3nc(OC)c4c(NCC(F)F)nc(OC[C@@]56CCCN5C[C@H](F)C6)nc4c3F)c12. The summed E-state index contributed by atoms with van der Waals surface area (Å²) < 4.78 is 83.3. The molecular formula is C30H26F5N5O3. The number of nitrogens with one attached hydrogen (secondary N) is 1. The maximum Gasteiger partial charge on any atom is 0.319 e. The second kappa shape index (κ2) is 11.0. The molecule has 224 valence electrons. The number of nitrogens with zero attached hydrogens (tertiary/aromatic N) is 4. The first-order chi connectivity index (χ1) is 20.6. The van der Waals surface area contributed by atoms with Crippen molar-refractivity contribution >= 4 is 27.5 Å². The van der Waals surface area contributed by atoms with Gasteiger partial charge in [-0.05, 0) is 43.0 Å². The van der Waals surface area contributed by atoms with Gasteiger partial charge in [-0.25, -0.2) is 26.9 Å². The molecule has 0 amide bonds. The zero-order valence-corrected chi connectivity index (χ0v) is 22.9. The highest BCUT2D eigenvalue weighted by molar-refractivity contribution is 6.04. The fraction of sp³-hybridized carbons (Fsp3) is 0.367. The predicted molar refractivity (Wildman–Crippen MR) is 149 cm³/mol. The molecule has 2 atom stereocenters. The Morgan fingerprint density at radius 1 is 1.21 bits per heavy atom. The van der Waals surface area contributed by atoms with Gasteiger partial charge < -0.3 is 19.9 Å². The summed E-state index contributed by atoms with van der Waals surface area (Å²) >= 11 is 0. The molecule has 2 aromatic carbocycles. The van der Waals surface area contributed by atoms with Crippen LogP contribution < -0.4 is 14.8 Å². The zero-order valence-electron chi connectivity index (χ0n) is 22.9. The highest BCUT2D eigenvalue weighted by Gasteiger charge is 2.49. The number of pyridine rings is 1. The molecule has 0 spiro atoms. The number of ether oxygens (including phenoxy) is 2. The van der Waals surface area contributed by atoms with E-state index in [9.17, 15) is 22.7 Å². The number of hydrogen-bond donors (Lipinski definition) is 2. The molecule has 2 aliphatic heterocycles. The van der Waals surface area contributed by atoms with Crippen LogP contribution in [0.1, 0.15) is 24.8 Å². The molecule has 4 heterocycles. The first-order valence-corrected chi connectivity index (χ1v) is 13.6. The molecular weight excluding hydrogens is 573 g/mol. The molecule has 2 aliphatic rings. The summed E-state index contributed by atoms with van der Waals surface area (Å²) in [6.45, 7) is 0.165. The lowest BCUT2D eigenvalue weighted by Crippen LogP contribution is -2.43. The fourth-order valence-electron chi connectivity index (χ4n) is 6.21. The third-order valence-corrected chi connectivity index (χ3v) is 8.03. The van der Waals surface area contributed by atoms with E-state index in [0.29, 0.717) is 18.4 Å². The number of anilines is 1. The zero-order chi connectivity index (χ0) is 30.5. The summed E-state index contributed by atoms with van der Waals surface area (Å²) in [5.41, 5.74) is -1.60. The molecule has 0 bridgehead atoms. The average Bonchev–Trinajstić information content (AvgIpc) is 3.50. The van der Waals surface area contributed by atoms with Gasteiger partial charge in [-0.2, -0.15) is 9.97 Å². The van der Waals surface area contributed by atoms with Gasteiger partial charge in [0, 0.05) is 23.9 Å². The Morgan fingerprint density at radius 3 is 2.77 bits per heavy atom. The van der Waals surface area contributed by atoms with Gasteiger partial charge in [0.1, 0.15) is 46.8 Å². The number of aromatic hydroxyl groups is 1. The van der Waals surface area contributed by atoms with E-state index in [2.05, 4.69) is 26.2 Å². The maximum absolute atomic E-state index is 16.5. The normalized spacial score (nSPS) is 20.1. The molecule has 0 saturated carbocycles. The smallest absolute Gasteiger partial charge is 0.319 e. The Labute approximate surface area is 242 Å². The van der Waals surface area contributed by atoms with Crippen LogP contribution in [0.3, 0.4) is 0 Å². The minimum absolute atomic E-state index is 0.00586. The molecule has 2 aromatic heterocycles. The molecule has 2 fully saturated rings. The van der Waals surface area contributed by atoms with E-state index in [-0.39, 0.29) is 64.9 Å². The number of rotatable bonds is 8. The summed E-state index contributed by atoms with van der Waals surface area (Å²) in [6.07, 6.45) is 3.59. The number of phenols is 1. The third-order valence-electron chi connectivity index (χ3n) is 8.03. The van der Waals surface area contributed by atoms with Crippen molar-refractivity contribution in [2.75, 3.05) is 38.7 Å². The van der Waals surface area contributed by atoms with Crippen LogP contribution in [0, 0.1) is 24.0 Å². The van der Waals surface area contributed by atoms with E-state index in [4.69, 9.17) is 15.9 Å². The van der Waals surface area contributed by atoms with Crippen molar-refractivity contribution in [2.24, 2.45) is 0 Å². The Bertz CT molecular complexity index is 1780. The number of hydrogen-bond acceptors (Lipinski definition) is 8. The van der Waals surface area contributed by atoms with E-state index >= 15 is 4.39 Å². The van der Waals surface area contributed by atoms with Gasteiger partial charge in [0.2, 0.25) is 5.88 Å². The van der Waals surface area contributed by atoms with Crippen LogP contribution in [-0.4, -0.2) is 76.4 Å². The van der Waals surface area contributed by atoms with Crippen molar-refractivity contribution < 1.29 is 36.5 Å². The molecule has 0 unspecified atom stereocenters. The number of phenolic OH excluding ortho intramolecular Hbond substituents is 1. The van der Waals surface area contributed by atoms with Gasteiger partial charge in [0.15, 0.2) is 5.82 Å². The van der Waals surface area contributed by atoms with E-state index in [0.717, 1.165) is 12.5 Å². The quantitative estimate of drug-likeness (QED) is 0.204. The van der Waals surface area contributed by atoms with Gasteiger partial charge in [-0.15, -0.1) is 6.42 Å². The highest BCUT2D eigenvalue weighted by atomic mass is 19.3. The van der Waals surface area contributed by atoms with E-state index in [1.165, 1.54) is 25.3 Å². The van der Waals surface area contributed by atoms with Crippen LogP contribution in [0.15, 0.2) is 24.3 Å². The maximum atomic E-state index is 16.5. The van der Waals surface area contributed by atoms with Gasteiger partial charge in [0.25, 0.3) is 6.43 Å². The van der Waals surface area contributed by atoms with Crippen molar-refractivity contribution in [2.45, 2.75) is 37.4 Å². The largest absolute Gasteiger partial charge is 0.508 e. The van der Waals surface area contributed by atoms with Crippen molar-refractivity contribution in [1.29, 1.82) is 0 Å². The minimum Gasteiger partial charge on any atom is -0.508 e. The summed E-state index contributed by atoms with van der Waals surface area (Å²) in [7, 11) is 1.24. The lowest BCUT2D eigenvalue weighted by atomic mass is 9.95. The van der Waals surface area contributed by atoms with E-state index in [1.807, 2.05) is 4.90 Å². The lowest BCUT2D eigenvalue weighted by molar-refractivity contribution is 0.107. The summed E-state index contributed by atoms with van der Waals surface area (Å²) in [5.74, 6) is -0.249. The van der Waals surface area contributed by atoms with Crippen LogP contribution in [0.4, 0.5) is 27.8 Å². The Kier molecular flexibility index (Phi) is 7.33. The molecule has 2 saturated heterocycles. The number of terminal acetylenes is 1. The molecule has 8 nitrogen and oxygen atoms in total. The topological polar surface area (TPSA) is 92.6 Å². The molecule has 13 heteroatoms. The molecule has 6 rings (SSSR count). The van der Waals surface area contributed by atoms with Crippen LogP contribution in [-0.2, 0) is 0 Å². The van der Waals surface area contributed by atoms with E-state index in [1.54, 1.807) is 0 Å². The van der Waals surface area contributed by atoms with Crippen LogP contribution in [0.5, 0.6) is 17.6 Å². The van der Waals surface area contributed by atoms with Crippen molar-refractivity contribution in [3.63, 3.8) is 0 Å². The standard InChI is InChI=1S/C30H26F5N5O3/c1-3-18-20(32)6-5-15-9-17(41)10-19(22(15)18)25-24(35)26-23(28(37-25)42-2)27(36-12-21(33)34)39-29(38-26)43-14-30-7-4-8-40(30)13-16(31)11-30/h1,5-6,9-10,16,21,41H,4,7-8,11-14H2,2H3,(H,36,38,39)/t16-,30+/m1/s1. The monoisotopic (exact) mass is 599 g/mol. The number of aromatic nitrogens is 3. The molecule has 0 radical (unpaired) electrons. The first kappa shape index (κ1) is 28.7. The molecule has 2 N–H and O–H groups in total. The predicted octanol–water partition coefficient (Wildman–Crippen LogP) is 5.45. The second-order valence-corrected chi connectivity index (χ2v) is 10.7. The van der Waals surface area contributed by atoms with Crippen LogP contribution in [0.25, 0.3) is 32.9 Å². The number of benzene rings is 2. The number of alkyl halides is 3. The van der Waals surface area contributed by atoms with Gasteiger partial charge >= 0.3 is 6.01 Å². The van der Waals surface area contributed by atoms with Gasteiger partial charge in [0.05, 0.1) is 24.8 Å². The summed E-state index contributed by atoms with van der Waals surface area (Å²) in [4.78, 5) is 14.8. The molecule has 4 aromatic rings. The molecule has 43 heavy (non-hydrogen) atoms. The lowest BCUT2D eigenvalue weighted by Gasteiger charge is -2.30. The second-order valence-electron chi connectivity index (χ2n) is 10.7. The number of halogens is 5. The van der Waals surface area contributed by atoms with Gasteiger partial charge in [-0.3, -0.25) is 4.90 Å². The molecule has 0 aliphatic carbocycles. The Hall–Kier alpha value is -4.44. The summed E-state index contributed by atoms with van der Waals surface area (Å²) in [5, 5.41) is 13.2. The third kappa shape index (κ3) is 4.99. The number of methoxy groups -OCH3 is 1.